The number of aromatic amines is 1. The van der Waals surface area contributed by atoms with Crippen LogP contribution in [-0.4, -0.2) is 48.9 Å². The lowest BCUT2D eigenvalue weighted by molar-refractivity contribution is 0.0781. The third kappa shape index (κ3) is 3.63. The van der Waals surface area contributed by atoms with Crippen LogP contribution in [0, 0.1) is 12.8 Å². The number of ether oxygens (including phenoxy) is 2. The lowest BCUT2D eigenvalue weighted by Crippen LogP contribution is -2.29. The number of likely N-dealkylation sites (tertiary alicyclic amines) is 1. The van der Waals surface area contributed by atoms with Gasteiger partial charge in [-0.05, 0) is 61.8 Å². The molecule has 0 spiro atoms. The number of fused-ring (bicyclic) bond motifs is 1. The Morgan fingerprint density at radius 2 is 2.00 bits per heavy atom. The summed E-state index contributed by atoms with van der Waals surface area (Å²) in [5, 5.41) is 0. The van der Waals surface area contributed by atoms with Crippen LogP contribution in [0.1, 0.15) is 56.9 Å². The van der Waals surface area contributed by atoms with Gasteiger partial charge in [-0.2, -0.15) is 0 Å². The van der Waals surface area contributed by atoms with Crippen LogP contribution < -0.4 is 9.47 Å². The van der Waals surface area contributed by atoms with Crippen LogP contribution in [-0.2, 0) is 12.8 Å². The molecule has 2 aromatic rings. The van der Waals surface area contributed by atoms with E-state index in [9.17, 15) is 9.59 Å². The number of methoxy groups -OCH3 is 2. The molecule has 1 aliphatic carbocycles. The minimum absolute atomic E-state index is 0.0134. The van der Waals surface area contributed by atoms with Gasteiger partial charge in [0.15, 0.2) is 17.3 Å². The van der Waals surface area contributed by atoms with E-state index < -0.39 is 0 Å². The van der Waals surface area contributed by atoms with Gasteiger partial charge >= 0.3 is 0 Å². The van der Waals surface area contributed by atoms with E-state index in [0.29, 0.717) is 18.0 Å². The molecule has 6 heteroatoms. The molecule has 2 aliphatic rings. The first kappa shape index (κ1) is 19.6. The Morgan fingerprint density at radius 3 is 2.72 bits per heavy atom. The summed E-state index contributed by atoms with van der Waals surface area (Å²) >= 11 is 0. The largest absolute Gasteiger partial charge is 0.493 e. The maximum absolute atomic E-state index is 13.1. The quantitative estimate of drug-likeness (QED) is 0.839. The molecule has 1 N–H and O–H groups in total. The molecular formula is C23H28N2O4. The van der Waals surface area contributed by atoms with Crippen LogP contribution in [0.5, 0.6) is 11.5 Å². The normalized spacial score (nSPS) is 18.7. The van der Waals surface area contributed by atoms with Gasteiger partial charge in [0.05, 0.1) is 14.2 Å². The number of hydrogen-bond donors (Lipinski definition) is 1. The summed E-state index contributed by atoms with van der Waals surface area (Å²) in [4.78, 5) is 30.5. The van der Waals surface area contributed by atoms with Crippen molar-refractivity contribution in [2.45, 2.75) is 39.0 Å². The van der Waals surface area contributed by atoms with E-state index in [1.807, 2.05) is 24.0 Å². The van der Waals surface area contributed by atoms with Gasteiger partial charge in [-0.1, -0.05) is 6.07 Å². The molecule has 1 amide bonds. The number of hydrogen-bond acceptors (Lipinski definition) is 4. The summed E-state index contributed by atoms with van der Waals surface area (Å²) in [7, 11) is 3.27. The van der Waals surface area contributed by atoms with E-state index in [0.717, 1.165) is 67.1 Å². The maximum atomic E-state index is 13.1. The number of amides is 1. The number of Topliss-reactive ketones (excluding diaryl/α,β-unsaturated/α-hetero) is 1. The van der Waals surface area contributed by atoms with Crippen molar-refractivity contribution >= 4 is 11.7 Å². The Hall–Kier alpha value is -2.76. The first-order valence-corrected chi connectivity index (χ1v) is 10.3. The van der Waals surface area contributed by atoms with Crippen molar-refractivity contribution in [3.63, 3.8) is 0 Å². The maximum Gasteiger partial charge on any atom is 0.270 e. The van der Waals surface area contributed by atoms with Gasteiger partial charge < -0.3 is 19.4 Å². The predicted molar refractivity (Wildman–Crippen MR) is 110 cm³/mol. The van der Waals surface area contributed by atoms with Gasteiger partial charge in [0.2, 0.25) is 0 Å². The number of nitrogens with one attached hydrogen (secondary N) is 1. The Kier molecular flexibility index (Phi) is 5.35. The van der Waals surface area contributed by atoms with Crippen molar-refractivity contribution in [1.29, 1.82) is 0 Å². The Bertz CT molecular complexity index is 947. The van der Waals surface area contributed by atoms with Gasteiger partial charge in [0.1, 0.15) is 5.69 Å². The van der Waals surface area contributed by atoms with Crippen LogP contribution in [0.15, 0.2) is 18.2 Å². The number of nitrogens with zero attached hydrogens (tertiary/aromatic N) is 1. The Morgan fingerprint density at radius 1 is 1.21 bits per heavy atom. The van der Waals surface area contributed by atoms with Crippen molar-refractivity contribution in [2.24, 2.45) is 5.92 Å². The number of carbonyl (C=O) groups excluding carboxylic acids is 2. The average molecular weight is 396 g/mol. The first-order valence-electron chi connectivity index (χ1n) is 10.3. The standard InChI is InChI=1S/C23H28N2O4/c1-14-21-17(5-4-6-18(21)26)24-22(14)23(27)25-10-9-16(13-25)11-15-7-8-19(28-2)20(12-15)29-3/h7-8,12,16,24H,4-6,9-11,13H2,1-3H3. The molecule has 1 saturated heterocycles. The highest BCUT2D eigenvalue weighted by Crippen LogP contribution is 2.31. The molecule has 0 bridgehead atoms. The van der Waals surface area contributed by atoms with Crippen LogP contribution in [0.4, 0.5) is 0 Å². The molecular weight excluding hydrogens is 368 g/mol. The van der Waals surface area contributed by atoms with Crippen molar-refractivity contribution in [3.8, 4) is 11.5 Å². The van der Waals surface area contributed by atoms with E-state index >= 15 is 0 Å². The predicted octanol–water partition coefficient (Wildman–Crippen LogP) is 3.56. The first-order chi connectivity index (χ1) is 14.0. The minimum atomic E-state index is 0.0134. The summed E-state index contributed by atoms with van der Waals surface area (Å²) in [6, 6.07) is 5.99. The number of aromatic nitrogens is 1. The Labute approximate surface area is 171 Å². The third-order valence-electron chi connectivity index (χ3n) is 6.20. The van der Waals surface area contributed by atoms with Crippen molar-refractivity contribution in [2.75, 3.05) is 27.3 Å². The lowest BCUT2D eigenvalue weighted by Gasteiger charge is -2.17. The molecule has 1 aliphatic heterocycles. The molecule has 1 aromatic heterocycles. The fraction of sp³-hybridized carbons (Fsp3) is 0.478. The molecule has 0 radical (unpaired) electrons. The Balaban J connectivity index is 1.45. The van der Waals surface area contributed by atoms with E-state index in [2.05, 4.69) is 11.1 Å². The number of H-pyrrole nitrogens is 1. The molecule has 4 rings (SSSR count). The van der Waals surface area contributed by atoms with Crippen LogP contribution in [0.3, 0.4) is 0 Å². The second-order valence-electron chi connectivity index (χ2n) is 8.05. The molecule has 1 atom stereocenters. The average Bonchev–Trinajstić information content (AvgIpc) is 3.32. The zero-order chi connectivity index (χ0) is 20.5. The molecule has 1 fully saturated rings. The van der Waals surface area contributed by atoms with E-state index in [1.54, 1.807) is 14.2 Å². The fourth-order valence-electron chi connectivity index (χ4n) is 4.67. The second-order valence-corrected chi connectivity index (χ2v) is 8.05. The molecule has 1 aromatic carbocycles. The summed E-state index contributed by atoms with van der Waals surface area (Å²) < 4.78 is 10.7. The minimum Gasteiger partial charge on any atom is -0.493 e. The van der Waals surface area contributed by atoms with Crippen LogP contribution in [0.25, 0.3) is 0 Å². The van der Waals surface area contributed by atoms with E-state index in [4.69, 9.17) is 9.47 Å². The zero-order valence-corrected chi connectivity index (χ0v) is 17.3. The van der Waals surface area contributed by atoms with E-state index in [1.165, 1.54) is 5.56 Å². The molecule has 154 valence electrons. The smallest absolute Gasteiger partial charge is 0.270 e. The van der Waals surface area contributed by atoms with Crippen LogP contribution >= 0.6 is 0 Å². The summed E-state index contributed by atoms with van der Waals surface area (Å²) in [5.74, 6) is 2.03. The lowest BCUT2D eigenvalue weighted by atomic mass is 9.94. The zero-order valence-electron chi connectivity index (χ0n) is 17.3. The highest BCUT2D eigenvalue weighted by molar-refractivity contribution is 6.04. The fourth-order valence-corrected chi connectivity index (χ4v) is 4.67. The summed E-state index contributed by atoms with van der Waals surface area (Å²) in [5.41, 5.74) is 4.28. The van der Waals surface area contributed by atoms with Gasteiger partial charge in [0.25, 0.3) is 5.91 Å². The van der Waals surface area contributed by atoms with E-state index in [-0.39, 0.29) is 11.7 Å². The SMILES string of the molecule is COc1ccc(CC2CCN(C(=O)c3[nH]c4c(c3C)C(=O)CCC4)C2)cc1OC. The highest BCUT2D eigenvalue weighted by Gasteiger charge is 2.32. The summed E-state index contributed by atoms with van der Waals surface area (Å²) in [6.45, 7) is 3.36. The second kappa shape index (κ2) is 7.93. The van der Waals surface area contributed by atoms with Gasteiger partial charge in [-0.15, -0.1) is 0 Å². The highest BCUT2D eigenvalue weighted by atomic mass is 16.5. The van der Waals surface area contributed by atoms with Crippen molar-refractivity contribution in [3.05, 3.63) is 46.3 Å². The monoisotopic (exact) mass is 396 g/mol. The van der Waals surface area contributed by atoms with Crippen molar-refractivity contribution in [1.82, 2.24) is 9.88 Å². The molecule has 1 unspecified atom stereocenters. The molecule has 29 heavy (non-hydrogen) atoms. The molecule has 2 heterocycles. The van der Waals surface area contributed by atoms with Gasteiger partial charge in [-0.3, -0.25) is 9.59 Å². The topological polar surface area (TPSA) is 71.6 Å². The van der Waals surface area contributed by atoms with Gasteiger partial charge in [0, 0.05) is 30.8 Å². The number of aryl methyl sites for hydroxylation is 1. The van der Waals surface area contributed by atoms with Crippen LogP contribution in [0.2, 0.25) is 0 Å². The number of ketones is 1. The number of rotatable bonds is 5. The third-order valence-corrected chi connectivity index (χ3v) is 6.20. The molecule has 6 nitrogen and oxygen atoms in total. The van der Waals surface area contributed by atoms with Gasteiger partial charge in [-0.25, -0.2) is 0 Å². The molecule has 0 saturated carbocycles. The summed E-state index contributed by atoms with van der Waals surface area (Å²) in [6.07, 6.45) is 4.14. The number of benzene rings is 1. The number of carbonyl (C=O) groups is 2. The van der Waals surface area contributed by atoms with Crippen molar-refractivity contribution < 1.29 is 19.1 Å².